The van der Waals surface area contributed by atoms with Gasteiger partial charge in [0.15, 0.2) is 0 Å². The zero-order chi connectivity index (χ0) is 16.0. The molecule has 0 aromatic carbocycles. The van der Waals surface area contributed by atoms with E-state index in [-0.39, 0.29) is 6.54 Å². The largest absolute Gasteiger partial charge is 0.479 e. The number of rotatable bonds is 6. The molecule has 1 N–H and O–H groups in total. The van der Waals surface area contributed by atoms with Gasteiger partial charge in [0.2, 0.25) is 0 Å². The Bertz CT molecular complexity index is 412. The van der Waals surface area contributed by atoms with E-state index >= 15 is 0 Å². The molecule has 1 unspecified atom stereocenters. The van der Waals surface area contributed by atoms with Gasteiger partial charge in [0.25, 0.3) is 0 Å². The Labute approximate surface area is 124 Å². The molecule has 0 spiro atoms. The standard InChI is InChI=1S/C14H24N2O5/c1-4-8-15(10-11(17)21-3)13(20)16-9-6-7-14(16,5-2)12(18)19/h4-10H2,1-3H3,(H,18,19). The van der Waals surface area contributed by atoms with Crippen molar-refractivity contribution in [3.63, 3.8) is 0 Å². The van der Waals surface area contributed by atoms with Crippen LogP contribution in [0.25, 0.3) is 0 Å². The molecule has 0 aromatic rings. The molecule has 7 nitrogen and oxygen atoms in total. The second-order valence-corrected chi connectivity index (χ2v) is 5.23. The molecule has 1 atom stereocenters. The summed E-state index contributed by atoms with van der Waals surface area (Å²) in [5.74, 6) is -1.49. The third-order valence-electron chi connectivity index (χ3n) is 4.01. The number of carbonyl (C=O) groups is 3. The normalized spacial score (nSPS) is 21.2. The first kappa shape index (κ1) is 17.3. The van der Waals surface area contributed by atoms with E-state index in [0.29, 0.717) is 38.8 Å². The van der Waals surface area contributed by atoms with Crippen LogP contribution in [0.2, 0.25) is 0 Å². The minimum absolute atomic E-state index is 0.154. The van der Waals surface area contributed by atoms with E-state index in [1.807, 2.05) is 6.92 Å². The first-order valence-electron chi connectivity index (χ1n) is 7.29. The van der Waals surface area contributed by atoms with Crippen LogP contribution in [-0.4, -0.2) is 65.2 Å². The molecule has 1 saturated heterocycles. The lowest BCUT2D eigenvalue weighted by Crippen LogP contribution is -2.57. The fourth-order valence-electron chi connectivity index (χ4n) is 2.80. The van der Waals surface area contributed by atoms with Crippen LogP contribution < -0.4 is 0 Å². The van der Waals surface area contributed by atoms with E-state index in [4.69, 9.17) is 0 Å². The lowest BCUT2D eigenvalue weighted by molar-refractivity contribution is -0.148. The van der Waals surface area contributed by atoms with Crippen molar-refractivity contribution in [2.75, 3.05) is 26.7 Å². The number of hydrogen-bond acceptors (Lipinski definition) is 4. The summed E-state index contributed by atoms with van der Waals surface area (Å²) in [4.78, 5) is 38.5. The van der Waals surface area contributed by atoms with Gasteiger partial charge in [0.05, 0.1) is 7.11 Å². The van der Waals surface area contributed by atoms with Crippen molar-refractivity contribution in [1.29, 1.82) is 0 Å². The summed E-state index contributed by atoms with van der Waals surface area (Å²) in [6.45, 7) is 4.30. The molecular weight excluding hydrogens is 276 g/mol. The number of carboxylic acid groups (broad SMARTS) is 1. The number of amides is 2. The molecule has 1 aliphatic heterocycles. The predicted molar refractivity (Wildman–Crippen MR) is 75.9 cm³/mol. The summed E-state index contributed by atoms with van der Waals surface area (Å²) in [6.07, 6.45) is 2.14. The second kappa shape index (κ2) is 7.28. The highest BCUT2D eigenvalue weighted by atomic mass is 16.5. The van der Waals surface area contributed by atoms with Gasteiger partial charge in [-0.15, -0.1) is 0 Å². The Morgan fingerprint density at radius 2 is 2.00 bits per heavy atom. The number of carboxylic acids is 1. The van der Waals surface area contributed by atoms with Gasteiger partial charge in [-0.2, -0.15) is 0 Å². The molecule has 0 aromatic heterocycles. The lowest BCUT2D eigenvalue weighted by atomic mass is 9.93. The summed E-state index contributed by atoms with van der Waals surface area (Å²) >= 11 is 0. The Morgan fingerprint density at radius 1 is 1.33 bits per heavy atom. The zero-order valence-corrected chi connectivity index (χ0v) is 12.9. The summed E-state index contributed by atoms with van der Waals surface area (Å²) in [5, 5.41) is 9.52. The molecular formula is C14H24N2O5. The van der Waals surface area contributed by atoms with E-state index in [1.165, 1.54) is 16.9 Å². The number of ether oxygens (including phenoxy) is 1. The number of likely N-dealkylation sites (tertiary alicyclic amines) is 1. The molecule has 1 aliphatic rings. The molecule has 0 aliphatic carbocycles. The summed E-state index contributed by atoms with van der Waals surface area (Å²) < 4.78 is 4.60. The molecule has 120 valence electrons. The fraction of sp³-hybridized carbons (Fsp3) is 0.786. The quantitative estimate of drug-likeness (QED) is 0.748. The Balaban J connectivity index is 2.96. The first-order valence-corrected chi connectivity index (χ1v) is 7.29. The molecule has 0 saturated carbocycles. The Kier molecular flexibility index (Phi) is 5.99. The van der Waals surface area contributed by atoms with Crippen molar-refractivity contribution in [2.45, 2.75) is 45.1 Å². The van der Waals surface area contributed by atoms with Gasteiger partial charge in [-0.3, -0.25) is 4.79 Å². The topological polar surface area (TPSA) is 87.2 Å². The van der Waals surface area contributed by atoms with E-state index in [9.17, 15) is 19.5 Å². The summed E-state index contributed by atoms with van der Waals surface area (Å²) in [7, 11) is 1.26. The molecule has 7 heteroatoms. The molecule has 0 bridgehead atoms. The van der Waals surface area contributed by atoms with Gasteiger partial charge in [-0.25, -0.2) is 9.59 Å². The predicted octanol–water partition coefficient (Wildman–Crippen LogP) is 1.32. The first-order chi connectivity index (χ1) is 9.92. The maximum atomic E-state index is 12.6. The number of methoxy groups -OCH3 is 1. The van der Waals surface area contributed by atoms with Gasteiger partial charge >= 0.3 is 18.0 Å². The van der Waals surface area contributed by atoms with Crippen molar-refractivity contribution in [1.82, 2.24) is 9.80 Å². The van der Waals surface area contributed by atoms with Crippen LogP contribution in [-0.2, 0) is 14.3 Å². The van der Waals surface area contributed by atoms with Crippen molar-refractivity contribution in [3.05, 3.63) is 0 Å². The fourth-order valence-corrected chi connectivity index (χ4v) is 2.80. The van der Waals surface area contributed by atoms with Crippen LogP contribution in [0, 0.1) is 0 Å². The van der Waals surface area contributed by atoms with Crippen LogP contribution in [0.3, 0.4) is 0 Å². The van der Waals surface area contributed by atoms with Crippen LogP contribution in [0.1, 0.15) is 39.5 Å². The Morgan fingerprint density at radius 3 is 2.48 bits per heavy atom. The summed E-state index contributed by atoms with van der Waals surface area (Å²) in [6, 6.07) is -0.399. The third kappa shape index (κ3) is 3.46. The number of nitrogens with zero attached hydrogens (tertiary/aromatic N) is 2. The lowest BCUT2D eigenvalue weighted by Gasteiger charge is -2.37. The van der Waals surface area contributed by atoms with Gasteiger partial charge in [-0.05, 0) is 25.7 Å². The number of carbonyl (C=O) groups excluding carboxylic acids is 2. The second-order valence-electron chi connectivity index (χ2n) is 5.23. The van der Waals surface area contributed by atoms with Crippen LogP contribution in [0.15, 0.2) is 0 Å². The van der Waals surface area contributed by atoms with E-state index in [2.05, 4.69) is 4.74 Å². The van der Waals surface area contributed by atoms with Crippen LogP contribution in [0.5, 0.6) is 0 Å². The number of hydrogen-bond donors (Lipinski definition) is 1. The zero-order valence-electron chi connectivity index (χ0n) is 12.9. The van der Waals surface area contributed by atoms with E-state index in [0.717, 1.165) is 0 Å². The minimum atomic E-state index is -1.15. The monoisotopic (exact) mass is 300 g/mol. The number of urea groups is 1. The van der Waals surface area contributed by atoms with Crippen molar-refractivity contribution in [3.8, 4) is 0 Å². The molecule has 2 amide bonds. The maximum Gasteiger partial charge on any atom is 0.329 e. The number of esters is 1. The van der Waals surface area contributed by atoms with Crippen molar-refractivity contribution < 1.29 is 24.2 Å². The summed E-state index contributed by atoms with van der Waals surface area (Å²) in [5.41, 5.74) is -1.15. The van der Waals surface area contributed by atoms with Gasteiger partial charge in [-0.1, -0.05) is 13.8 Å². The van der Waals surface area contributed by atoms with Crippen molar-refractivity contribution >= 4 is 18.0 Å². The molecule has 0 radical (unpaired) electrons. The molecule has 1 heterocycles. The average molecular weight is 300 g/mol. The van der Waals surface area contributed by atoms with E-state index < -0.39 is 23.5 Å². The Hall–Kier alpha value is -1.79. The average Bonchev–Trinajstić information content (AvgIpc) is 2.90. The SMILES string of the molecule is CCCN(CC(=O)OC)C(=O)N1CCCC1(CC)C(=O)O. The number of aliphatic carboxylic acids is 1. The molecule has 1 fully saturated rings. The van der Waals surface area contributed by atoms with E-state index in [1.54, 1.807) is 6.92 Å². The van der Waals surface area contributed by atoms with Crippen LogP contribution in [0.4, 0.5) is 4.79 Å². The minimum Gasteiger partial charge on any atom is -0.479 e. The van der Waals surface area contributed by atoms with Gasteiger partial charge in [0, 0.05) is 13.1 Å². The highest BCUT2D eigenvalue weighted by Crippen LogP contribution is 2.33. The smallest absolute Gasteiger partial charge is 0.329 e. The van der Waals surface area contributed by atoms with Crippen LogP contribution >= 0.6 is 0 Å². The molecule has 1 rings (SSSR count). The third-order valence-corrected chi connectivity index (χ3v) is 4.01. The molecule has 21 heavy (non-hydrogen) atoms. The maximum absolute atomic E-state index is 12.6. The highest BCUT2D eigenvalue weighted by Gasteiger charge is 2.49. The highest BCUT2D eigenvalue weighted by molar-refractivity contribution is 5.88. The van der Waals surface area contributed by atoms with Gasteiger partial charge in [0.1, 0.15) is 12.1 Å². The van der Waals surface area contributed by atoms with Gasteiger partial charge < -0.3 is 19.6 Å². The van der Waals surface area contributed by atoms with Crippen molar-refractivity contribution in [2.24, 2.45) is 0 Å².